The molecule has 1 aliphatic rings. The number of aliphatic hydroxyl groups is 1. The predicted octanol–water partition coefficient (Wildman–Crippen LogP) is 3.24. The number of carbonyl (C=O) groups is 3. The number of methoxy groups -OCH3 is 2. The maximum absolute atomic E-state index is 13.1. The Hall–Kier alpha value is -2.73. The van der Waals surface area contributed by atoms with Crippen LogP contribution in [0.5, 0.6) is 5.75 Å². The molecule has 0 saturated carbocycles. The minimum Gasteiger partial charge on any atom is -0.493 e. The van der Waals surface area contributed by atoms with Crippen molar-refractivity contribution in [2.45, 2.75) is 78.4 Å². The normalized spacial score (nSPS) is 16.9. The number of amides is 2. The minimum absolute atomic E-state index is 0.0279. The fourth-order valence-corrected chi connectivity index (χ4v) is 5.87. The van der Waals surface area contributed by atoms with E-state index in [0.717, 1.165) is 38.8 Å². The van der Waals surface area contributed by atoms with E-state index in [2.05, 4.69) is 29.4 Å². The van der Waals surface area contributed by atoms with E-state index >= 15 is 0 Å². The lowest BCUT2D eigenvalue weighted by molar-refractivity contribution is -0.147. The molecule has 1 aromatic carbocycles. The minimum atomic E-state index is -0.861. The topological polar surface area (TPSA) is 152 Å². The number of benzene rings is 1. The molecule has 1 saturated heterocycles. The summed E-state index contributed by atoms with van der Waals surface area (Å²) in [4.78, 5) is 40.3. The largest absolute Gasteiger partial charge is 0.493 e. The second-order valence-electron chi connectivity index (χ2n) is 13.2. The van der Waals surface area contributed by atoms with Crippen molar-refractivity contribution in [1.82, 2.24) is 15.5 Å². The molecule has 46 heavy (non-hydrogen) atoms. The lowest BCUT2D eigenvalue weighted by atomic mass is 9.83. The van der Waals surface area contributed by atoms with Gasteiger partial charge in [0.05, 0.1) is 31.3 Å². The number of aliphatic hydroxyl groups excluding tert-OH is 1. The Morgan fingerprint density at radius 2 is 1.65 bits per heavy atom. The summed E-state index contributed by atoms with van der Waals surface area (Å²) in [7, 11) is 3.10. The van der Waals surface area contributed by atoms with Gasteiger partial charge in [0.15, 0.2) is 0 Å². The third-order valence-electron chi connectivity index (χ3n) is 9.16. The zero-order valence-corrected chi connectivity index (χ0v) is 29.0. The molecule has 11 heteroatoms. The van der Waals surface area contributed by atoms with Crippen LogP contribution in [0.2, 0.25) is 0 Å². The molecule has 0 spiro atoms. The first-order valence-electron chi connectivity index (χ1n) is 17.0. The van der Waals surface area contributed by atoms with Gasteiger partial charge in [-0.15, -0.1) is 0 Å². The van der Waals surface area contributed by atoms with Gasteiger partial charge >= 0.3 is 5.97 Å². The molecule has 4 atom stereocenters. The SMILES string of the molecule is COCCCCOc1ccccc1C(=O)NC[C@@H](C[C@H](N)[C@@H](O)C[C@H](C(=O)NCCN1CCC(C(=O)OC)CC1)C(C)C)C(C)C. The van der Waals surface area contributed by atoms with Crippen LogP contribution < -0.4 is 21.1 Å². The van der Waals surface area contributed by atoms with Crippen molar-refractivity contribution in [2.24, 2.45) is 35.3 Å². The van der Waals surface area contributed by atoms with Crippen LogP contribution in [0.25, 0.3) is 0 Å². The van der Waals surface area contributed by atoms with E-state index < -0.39 is 12.1 Å². The van der Waals surface area contributed by atoms with E-state index in [1.54, 1.807) is 19.2 Å². The number of likely N-dealkylation sites (tertiary alicyclic amines) is 1. The van der Waals surface area contributed by atoms with Crippen molar-refractivity contribution in [3.8, 4) is 5.75 Å². The van der Waals surface area contributed by atoms with Crippen LogP contribution in [0, 0.1) is 29.6 Å². The lowest BCUT2D eigenvalue weighted by Gasteiger charge is -2.31. The van der Waals surface area contributed by atoms with Crippen molar-refractivity contribution in [3.05, 3.63) is 29.8 Å². The molecule has 5 N–H and O–H groups in total. The molecule has 0 aliphatic carbocycles. The summed E-state index contributed by atoms with van der Waals surface area (Å²) in [6.07, 6.45) is 3.15. The highest BCUT2D eigenvalue weighted by atomic mass is 16.5. The molecule has 0 aromatic heterocycles. The highest BCUT2D eigenvalue weighted by Crippen LogP contribution is 2.24. The second-order valence-corrected chi connectivity index (χ2v) is 13.2. The van der Waals surface area contributed by atoms with Crippen molar-refractivity contribution in [1.29, 1.82) is 0 Å². The summed E-state index contributed by atoms with van der Waals surface area (Å²) in [5.41, 5.74) is 7.00. The smallest absolute Gasteiger partial charge is 0.308 e. The van der Waals surface area contributed by atoms with Gasteiger partial charge in [0.25, 0.3) is 5.91 Å². The number of ether oxygens (including phenoxy) is 3. The standard InChI is InChI=1S/C35H60N4O7/c1-24(2)27(23-38-33(41)28-11-7-8-12-32(28)46-20-10-9-19-44-5)21-30(36)31(40)22-29(25(3)4)34(42)37-15-18-39-16-13-26(14-17-39)35(43)45-6/h7-8,11-12,24-27,29-31,40H,9-10,13-23,36H2,1-6H3,(H,37,42)(H,38,41)/t27-,29+,30+,31+/m1/s1. The van der Waals surface area contributed by atoms with Gasteiger partial charge in [0, 0.05) is 45.3 Å². The summed E-state index contributed by atoms with van der Waals surface area (Å²) in [5.74, 6) is -0.0458. The maximum Gasteiger partial charge on any atom is 0.308 e. The number of para-hydroxylation sites is 1. The average Bonchev–Trinajstić information content (AvgIpc) is 3.04. The van der Waals surface area contributed by atoms with Gasteiger partial charge in [-0.05, 0) is 81.5 Å². The number of unbranched alkanes of at least 4 members (excludes halogenated alkanes) is 1. The van der Waals surface area contributed by atoms with Gasteiger partial charge in [-0.2, -0.15) is 0 Å². The molecule has 1 heterocycles. The average molecular weight is 649 g/mol. The van der Waals surface area contributed by atoms with Crippen LogP contribution in [0.15, 0.2) is 24.3 Å². The van der Waals surface area contributed by atoms with Gasteiger partial charge < -0.3 is 40.6 Å². The number of hydrogen-bond acceptors (Lipinski definition) is 9. The molecular formula is C35H60N4O7. The molecule has 2 rings (SSSR count). The second kappa shape index (κ2) is 21.2. The van der Waals surface area contributed by atoms with Gasteiger partial charge in [0.2, 0.25) is 5.91 Å². The van der Waals surface area contributed by atoms with Crippen LogP contribution in [0.4, 0.5) is 0 Å². The first kappa shape index (κ1) is 39.4. The van der Waals surface area contributed by atoms with E-state index in [-0.39, 0.29) is 53.8 Å². The maximum atomic E-state index is 13.1. The number of hydrogen-bond donors (Lipinski definition) is 4. The Labute approximate surface area is 276 Å². The summed E-state index contributed by atoms with van der Waals surface area (Å²) < 4.78 is 15.8. The Morgan fingerprint density at radius 3 is 2.28 bits per heavy atom. The van der Waals surface area contributed by atoms with Crippen molar-refractivity contribution in [3.63, 3.8) is 0 Å². The third kappa shape index (κ3) is 13.6. The van der Waals surface area contributed by atoms with E-state index in [1.807, 2.05) is 26.0 Å². The molecule has 1 aliphatic heterocycles. The van der Waals surface area contributed by atoms with Gasteiger partial charge in [0.1, 0.15) is 5.75 Å². The molecule has 1 fully saturated rings. The van der Waals surface area contributed by atoms with Crippen LogP contribution in [0.1, 0.15) is 76.6 Å². The highest BCUT2D eigenvalue weighted by molar-refractivity contribution is 5.96. The zero-order valence-electron chi connectivity index (χ0n) is 29.0. The van der Waals surface area contributed by atoms with E-state index in [1.165, 1.54) is 7.11 Å². The Kier molecular flexibility index (Phi) is 18.2. The molecule has 0 radical (unpaired) electrons. The van der Waals surface area contributed by atoms with E-state index in [4.69, 9.17) is 19.9 Å². The van der Waals surface area contributed by atoms with Crippen LogP contribution >= 0.6 is 0 Å². The highest BCUT2D eigenvalue weighted by Gasteiger charge is 2.30. The number of nitrogens with two attached hydrogens (primary N) is 1. The fraction of sp³-hybridized carbons (Fsp3) is 0.743. The lowest BCUT2D eigenvalue weighted by Crippen LogP contribution is -2.45. The molecular weight excluding hydrogens is 588 g/mol. The van der Waals surface area contributed by atoms with Crippen molar-refractivity contribution >= 4 is 17.8 Å². The first-order valence-corrected chi connectivity index (χ1v) is 17.0. The van der Waals surface area contributed by atoms with E-state index in [0.29, 0.717) is 50.6 Å². The number of rotatable bonds is 21. The summed E-state index contributed by atoms with van der Waals surface area (Å²) >= 11 is 0. The predicted molar refractivity (Wildman–Crippen MR) is 179 cm³/mol. The van der Waals surface area contributed by atoms with Gasteiger partial charge in [-0.25, -0.2) is 0 Å². The monoisotopic (exact) mass is 648 g/mol. The van der Waals surface area contributed by atoms with Gasteiger partial charge in [-0.3, -0.25) is 14.4 Å². The molecule has 262 valence electrons. The number of nitrogens with zero attached hydrogens (tertiary/aromatic N) is 1. The van der Waals surface area contributed by atoms with Crippen molar-refractivity contribution in [2.75, 3.05) is 60.2 Å². The van der Waals surface area contributed by atoms with Gasteiger partial charge in [-0.1, -0.05) is 39.8 Å². The Morgan fingerprint density at radius 1 is 0.978 bits per heavy atom. The molecule has 2 amide bonds. The molecule has 0 unspecified atom stereocenters. The van der Waals surface area contributed by atoms with Crippen LogP contribution in [0.3, 0.4) is 0 Å². The zero-order chi connectivity index (χ0) is 34.1. The van der Waals surface area contributed by atoms with Crippen LogP contribution in [-0.2, 0) is 19.1 Å². The molecule has 11 nitrogen and oxygen atoms in total. The van der Waals surface area contributed by atoms with Crippen LogP contribution in [-0.4, -0.2) is 100 Å². The fourth-order valence-electron chi connectivity index (χ4n) is 5.87. The Bertz CT molecular complexity index is 1050. The number of nitrogens with one attached hydrogen (secondary N) is 2. The summed E-state index contributed by atoms with van der Waals surface area (Å²) in [5, 5.41) is 17.2. The third-order valence-corrected chi connectivity index (χ3v) is 9.16. The first-order chi connectivity index (χ1) is 22.0. The summed E-state index contributed by atoms with van der Waals surface area (Å²) in [6, 6.07) is 6.67. The Balaban J connectivity index is 1.84. The quantitative estimate of drug-likeness (QED) is 0.116. The molecule has 0 bridgehead atoms. The number of esters is 1. The van der Waals surface area contributed by atoms with Crippen molar-refractivity contribution < 1.29 is 33.7 Å². The number of carbonyl (C=O) groups excluding carboxylic acids is 3. The summed E-state index contributed by atoms with van der Waals surface area (Å²) in [6.45, 7) is 12.5. The number of piperidine rings is 1. The van der Waals surface area contributed by atoms with E-state index in [9.17, 15) is 19.5 Å². The molecule has 1 aromatic rings.